The van der Waals surface area contributed by atoms with Gasteiger partial charge in [-0.2, -0.15) is 0 Å². The maximum Gasteiger partial charge on any atom is 0.293 e. The Bertz CT molecular complexity index is 993. The number of hydrogen-bond acceptors (Lipinski definition) is 6. The number of benzene rings is 2. The zero-order valence-corrected chi connectivity index (χ0v) is 17.6. The van der Waals surface area contributed by atoms with E-state index in [9.17, 15) is 23.3 Å². The summed E-state index contributed by atoms with van der Waals surface area (Å²) >= 11 is 0. The second-order valence-corrected chi connectivity index (χ2v) is 8.42. The summed E-state index contributed by atoms with van der Waals surface area (Å²) in [4.78, 5) is 25.5. The minimum absolute atomic E-state index is 0.0783. The van der Waals surface area contributed by atoms with E-state index in [1.165, 1.54) is 26.2 Å². The lowest BCUT2D eigenvalue weighted by atomic mass is 10.2. The molecule has 0 aliphatic rings. The van der Waals surface area contributed by atoms with Gasteiger partial charge in [-0.15, -0.1) is 0 Å². The van der Waals surface area contributed by atoms with Crippen LogP contribution >= 0.6 is 0 Å². The first kappa shape index (κ1) is 22.2. The Labute approximate surface area is 170 Å². The van der Waals surface area contributed by atoms with Crippen LogP contribution in [0.25, 0.3) is 0 Å². The highest BCUT2D eigenvalue weighted by molar-refractivity contribution is 7.92. The zero-order valence-electron chi connectivity index (χ0n) is 16.8. The molecule has 0 N–H and O–H groups in total. The van der Waals surface area contributed by atoms with E-state index in [1.54, 1.807) is 58.4 Å². The summed E-state index contributed by atoms with van der Waals surface area (Å²) in [6.45, 7) is 1.78. The standard InChI is InChI=1S/C19H24N4O5S/c1-5-22(15-9-7-6-8-10-15)29(27,28)16-11-12-17(18(13-16)23(25)26)21(4)14-19(24)20(2)3/h6-13H,5,14H2,1-4H3. The summed E-state index contributed by atoms with van der Waals surface area (Å²) in [7, 11) is 0.711. The number of anilines is 2. The molecular weight excluding hydrogens is 396 g/mol. The molecule has 0 heterocycles. The molecule has 156 valence electrons. The number of hydrogen-bond donors (Lipinski definition) is 0. The maximum absolute atomic E-state index is 13.1. The van der Waals surface area contributed by atoms with Crippen LogP contribution in [-0.4, -0.2) is 58.4 Å². The molecule has 0 aliphatic carbocycles. The Balaban J connectivity index is 2.48. The van der Waals surface area contributed by atoms with Gasteiger partial charge in [-0.1, -0.05) is 18.2 Å². The van der Waals surface area contributed by atoms with Gasteiger partial charge in [-0.3, -0.25) is 19.2 Å². The van der Waals surface area contributed by atoms with Gasteiger partial charge in [-0.25, -0.2) is 8.42 Å². The van der Waals surface area contributed by atoms with Crippen molar-refractivity contribution in [2.24, 2.45) is 0 Å². The topological polar surface area (TPSA) is 104 Å². The SMILES string of the molecule is CCN(c1ccccc1)S(=O)(=O)c1ccc(N(C)CC(=O)N(C)C)c([N+](=O)[O-])c1. The van der Waals surface area contributed by atoms with Crippen molar-refractivity contribution in [3.8, 4) is 0 Å². The number of carbonyl (C=O) groups excluding carboxylic acids is 1. The van der Waals surface area contributed by atoms with E-state index >= 15 is 0 Å². The van der Waals surface area contributed by atoms with Gasteiger partial charge < -0.3 is 9.80 Å². The molecule has 0 fully saturated rings. The highest BCUT2D eigenvalue weighted by Gasteiger charge is 2.28. The summed E-state index contributed by atoms with van der Waals surface area (Å²) in [5, 5.41) is 11.6. The molecule has 29 heavy (non-hydrogen) atoms. The third-order valence-corrected chi connectivity index (χ3v) is 6.24. The molecule has 2 rings (SSSR count). The average Bonchev–Trinajstić information content (AvgIpc) is 2.68. The molecule has 9 nitrogen and oxygen atoms in total. The van der Waals surface area contributed by atoms with Crippen LogP contribution < -0.4 is 9.21 Å². The zero-order chi connectivity index (χ0) is 21.8. The first-order valence-corrected chi connectivity index (χ1v) is 10.3. The van der Waals surface area contributed by atoms with Gasteiger partial charge in [0.1, 0.15) is 5.69 Å². The molecule has 0 spiro atoms. The number of nitrogens with zero attached hydrogens (tertiary/aromatic N) is 4. The Morgan fingerprint density at radius 3 is 2.21 bits per heavy atom. The van der Waals surface area contributed by atoms with Crippen LogP contribution in [0.1, 0.15) is 6.92 Å². The number of nitro benzene ring substituents is 1. The molecular formula is C19H24N4O5S. The molecule has 2 aromatic carbocycles. The number of likely N-dealkylation sites (N-methyl/N-ethyl adjacent to an activating group) is 2. The van der Waals surface area contributed by atoms with Gasteiger partial charge in [0.05, 0.1) is 22.1 Å². The van der Waals surface area contributed by atoms with Gasteiger partial charge in [0.25, 0.3) is 15.7 Å². The third-order valence-electron chi connectivity index (χ3n) is 4.35. The van der Waals surface area contributed by atoms with Crippen LogP contribution in [-0.2, 0) is 14.8 Å². The first-order valence-electron chi connectivity index (χ1n) is 8.87. The fourth-order valence-electron chi connectivity index (χ4n) is 2.78. The minimum Gasteiger partial charge on any atom is -0.360 e. The van der Waals surface area contributed by atoms with Crippen molar-refractivity contribution >= 4 is 33.0 Å². The molecule has 0 atom stereocenters. The van der Waals surface area contributed by atoms with Crippen LogP contribution in [0, 0.1) is 10.1 Å². The lowest BCUT2D eigenvalue weighted by Crippen LogP contribution is -2.34. The van der Waals surface area contributed by atoms with Crippen molar-refractivity contribution in [3.63, 3.8) is 0 Å². The monoisotopic (exact) mass is 420 g/mol. The highest BCUT2D eigenvalue weighted by atomic mass is 32.2. The molecule has 2 aromatic rings. The van der Waals surface area contributed by atoms with Crippen molar-refractivity contribution in [1.82, 2.24) is 4.90 Å². The largest absolute Gasteiger partial charge is 0.360 e. The highest BCUT2D eigenvalue weighted by Crippen LogP contribution is 2.32. The van der Waals surface area contributed by atoms with Crippen LogP contribution in [0.15, 0.2) is 53.4 Å². The molecule has 0 unspecified atom stereocenters. The number of nitro groups is 1. The fraction of sp³-hybridized carbons (Fsp3) is 0.316. The predicted molar refractivity (Wildman–Crippen MR) is 112 cm³/mol. The molecule has 0 saturated heterocycles. The van der Waals surface area contributed by atoms with Crippen molar-refractivity contribution < 1.29 is 18.1 Å². The van der Waals surface area contributed by atoms with Crippen molar-refractivity contribution in [3.05, 3.63) is 58.6 Å². The van der Waals surface area contributed by atoms with Gasteiger partial charge in [0, 0.05) is 33.8 Å². The molecule has 0 aliphatic heterocycles. The summed E-state index contributed by atoms with van der Waals surface area (Å²) in [6, 6.07) is 12.2. The Hall–Kier alpha value is -3.14. The fourth-order valence-corrected chi connectivity index (χ4v) is 4.27. The van der Waals surface area contributed by atoms with E-state index in [0.717, 1.165) is 6.07 Å². The second-order valence-electron chi connectivity index (χ2n) is 6.56. The van der Waals surface area contributed by atoms with E-state index in [2.05, 4.69) is 0 Å². The lowest BCUT2D eigenvalue weighted by molar-refractivity contribution is -0.384. The minimum atomic E-state index is -4.00. The predicted octanol–water partition coefficient (Wildman–Crippen LogP) is 2.33. The normalized spacial score (nSPS) is 11.0. The summed E-state index contributed by atoms with van der Waals surface area (Å²) in [6.07, 6.45) is 0. The number of sulfonamides is 1. The number of rotatable bonds is 8. The molecule has 0 bridgehead atoms. The maximum atomic E-state index is 13.1. The summed E-state index contributed by atoms with van der Waals surface area (Å²) < 4.78 is 27.4. The molecule has 0 aromatic heterocycles. The third kappa shape index (κ3) is 4.83. The van der Waals surface area contributed by atoms with E-state index < -0.39 is 14.9 Å². The van der Waals surface area contributed by atoms with Crippen LogP contribution in [0.4, 0.5) is 17.1 Å². The number of amides is 1. The summed E-state index contributed by atoms with van der Waals surface area (Å²) in [5.41, 5.74) is 0.242. The van der Waals surface area contributed by atoms with Gasteiger partial charge in [0.15, 0.2) is 0 Å². The van der Waals surface area contributed by atoms with Crippen molar-refractivity contribution in [1.29, 1.82) is 0 Å². The number of para-hydroxylation sites is 1. The smallest absolute Gasteiger partial charge is 0.293 e. The van der Waals surface area contributed by atoms with Gasteiger partial charge >= 0.3 is 0 Å². The van der Waals surface area contributed by atoms with Gasteiger partial charge in [-0.05, 0) is 31.2 Å². The lowest BCUT2D eigenvalue weighted by Gasteiger charge is -2.24. The van der Waals surface area contributed by atoms with Crippen molar-refractivity contribution in [2.75, 3.05) is 43.4 Å². The van der Waals surface area contributed by atoms with Crippen LogP contribution in [0.3, 0.4) is 0 Å². The average molecular weight is 420 g/mol. The molecule has 0 saturated carbocycles. The van der Waals surface area contributed by atoms with E-state index in [1.807, 2.05) is 0 Å². The Morgan fingerprint density at radius 1 is 1.07 bits per heavy atom. The van der Waals surface area contributed by atoms with Crippen molar-refractivity contribution in [2.45, 2.75) is 11.8 Å². The Kier molecular flexibility index (Phi) is 6.80. The molecule has 0 radical (unpaired) electrons. The quantitative estimate of drug-likeness (QED) is 0.480. The Morgan fingerprint density at radius 2 is 1.69 bits per heavy atom. The second kappa shape index (κ2) is 8.91. The number of carbonyl (C=O) groups is 1. The van der Waals surface area contributed by atoms with E-state index in [0.29, 0.717) is 5.69 Å². The first-order chi connectivity index (χ1) is 13.6. The molecule has 1 amide bonds. The molecule has 10 heteroatoms. The summed E-state index contributed by atoms with van der Waals surface area (Å²) in [5.74, 6) is -0.236. The van der Waals surface area contributed by atoms with E-state index in [4.69, 9.17) is 0 Å². The van der Waals surface area contributed by atoms with E-state index in [-0.39, 0.29) is 35.3 Å². The van der Waals surface area contributed by atoms with Crippen LogP contribution in [0.2, 0.25) is 0 Å². The van der Waals surface area contributed by atoms with Crippen LogP contribution in [0.5, 0.6) is 0 Å². The van der Waals surface area contributed by atoms with Gasteiger partial charge in [0.2, 0.25) is 5.91 Å².